The van der Waals surface area contributed by atoms with Crippen LogP contribution in [0.5, 0.6) is 5.75 Å². The Morgan fingerprint density at radius 3 is 2.28 bits per heavy atom. The zero-order valence-electron chi connectivity index (χ0n) is 14.3. The van der Waals surface area contributed by atoms with E-state index < -0.39 is 22.6 Å². The van der Waals surface area contributed by atoms with Gasteiger partial charge in [0.1, 0.15) is 5.75 Å². The molecule has 1 atom stereocenters. The van der Waals surface area contributed by atoms with Crippen LogP contribution >= 0.6 is 0 Å². The predicted octanol–water partition coefficient (Wildman–Crippen LogP) is 1.88. The minimum absolute atomic E-state index is 0.212. The summed E-state index contributed by atoms with van der Waals surface area (Å²) in [5, 5.41) is 0. The molecular formula is C18H20N2O4S. The lowest BCUT2D eigenvalue weighted by atomic mass is 10.1. The van der Waals surface area contributed by atoms with E-state index in [1.165, 1.54) is 0 Å². The highest BCUT2D eigenvalue weighted by molar-refractivity contribution is 7.84. The maximum atomic E-state index is 11.9. The van der Waals surface area contributed by atoms with E-state index in [4.69, 9.17) is 4.74 Å². The highest BCUT2D eigenvalue weighted by atomic mass is 32.2. The van der Waals surface area contributed by atoms with Crippen LogP contribution in [0, 0.1) is 13.8 Å². The standard InChI is InChI=1S/C18H20N2O4S/c1-12-4-7-15(10-13(12)2)24-11-17(21)19-20-18(22)14-5-8-16(9-6-14)25(3)23/h4-10H,11H2,1-3H3,(H,19,21)(H,20,22)/t25-/m1/s1. The van der Waals surface area contributed by atoms with Crippen molar-refractivity contribution < 1.29 is 18.5 Å². The number of carbonyl (C=O) groups is 2. The second-order valence-electron chi connectivity index (χ2n) is 5.52. The van der Waals surface area contributed by atoms with Crippen molar-refractivity contribution in [3.05, 3.63) is 59.2 Å². The van der Waals surface area contributed by atoms with Gasteiger partial charge in [0.05, 0.1) is 0 Å². The van der Waals surface area contributed by atoms with E-state index in [2.05, 4.69) is 10.9 Å². The van der Waals surface area contributed by atoms with Gasteiger partial charge in [-0.1, -0.05) is 6.07 Å². The van der Waals surface area contributed by atoms with Crippen molar-refractivity contribution in [3.63, 3.8) is 0 Å². The van der Waals surface area contributed by atoms with Gasteiger partial charge in [0.25, 0.3) is 11.8 Å². The van der Waals surface area contributed by atoms with Crippen molar-refractivity contribution in [2.75, 3.05) is 12.9 Å². The Hall–Kier alpha value is -2.67. The zero-order valence-corrected chi connectivity index (χ0v) is 15.1. The van der Waals surface area contributed by atoms with Crippen LogP contribution in [-0.2, 0) is 15.6 Å². The van der Waals surface area contributed by atoms with Gasteiger partial charge in [0.15, 0.2) is 6.61 Å². The number of benzene rings is 2. The Kier molecular flexibility index (Phi) is 6.30. The second-order valence-corrected chi connectivity index (χ2v) is 6.90. The number of nitrogens with one attached hydrogen (secondary N) is 2. The largest absolute Gasteiger partial charge is 0.484 e. The fraction of sp³-hybridized carbons (Fsp3) is 0.222. The lowest BCUT2D eigenvalue weighted by Gasteiger charge is -2.10. The number of rotatable bonds is 5. The molecule has 6 nitrogen and oxygen atoms in total. The predicted molar refractivity (Wildman–Crippen MR) is 95.8 cm³/mol. The minimum atomic E-state index is -1.10. The molecule has 2 aromatic carbocycles. The number of amides is 2. The topological polar surface area (TPSA) is 84.5 Å². The van der Waals surface area contributed by atoms with Crippen molar-refractivity contribution in [2.24, 2.45) is 0 Å². The molecule has 0 fully saturated rings. The van der Waals surface area contributed by atoms with Crippen molar-refractivity contribution in [1.82, 2.24) is 10.9 Å². The van der Waals surface area contributed by atoms with E-state index in [1.54, 1.807) is 36.6 Å². The molecule has 0 unspecified atom stereocenters. The molecule has 132 valence electrons. The van der Waals surface area contributed by atoms with Gasteiger partial charge in [0, 0.05) is 27.5 Å². The summed E-state index contributed by atoms with van der Waals surface area (Å²) in [6.45, 7) is 3.74. The molecule has 2 rings (SSSR count). The van der Waals surface area contributed by atoms with Gasteiger partial charge < -0.3 is 4.74 Å². The molecule has 2 amide bonds. The Bertz CT molecular complexity index is 803. The van der Waals surface area contributed by atoms with Crippen LogP contribution in [0.3, 0.4) is 0 Å². The Morgan fingerprint density at radius 2 is 1.68 bits per heavy atom. The second kappa shape index (κ2) is 8.43. The molecule has 0 heterocycles. The van der Waals surface area contributed by atoms with Crippen LogP contribution in [0.15, 0.2) is 47.4 Å². The molecular weight excluding hydrogens is 340 g/mol. The zero-order chi connectivity index (χ0) is 18.4. The van der Waals surface area contributed by atoms with Gasteiger partial charge in [0.2, 0.25) is 0 Å². The van der Waals surface area contributed by atoms with Crippen molar-refractivity contribution in [3.8, 4) is 5.75 Å². The Labute approximate surface area is 149 Å². The summed E-state index contributed by atoms with van der Waals surface area (Å²) in [5.41, 5.74) is 7.17. The SMILES string of the molecule is Cc1ccc(OCC(=O)NNC(=O)c2ccc([S@@](C)=O)cc2)cc1C. The first-order valence-corrected chi connectivity index (χ1v) is 9.15. The van der Waals surface area contributed by atoms with E-state index in [9.17, 15) is 13.8 Å². The van der Waals surface area contributed by atoms with Crippen molar-refractivity contribution >= 4 is 22.6 Å². The van der Waals surface area contributed by atoms with E-state index in [-0.39, 0.29) is 6.61 Å². The summed E-state index contributed by atoms with van der Waals surface area (Å²) in [7, 11) is -1.10. The Balaban J connectivity index is 1.81. The molecule has 0 aromatic heterocycles. The molecule has 0 bridgehead atoms. The number of aryl methyl sites for hydroxylation is 2. The van der Waals surface area contributed by atoms with Crippen molar-refractivity contribution in [1.29, 1.82) is 0 Å². The molecule has 0 aliphatic rings. The summed E-state index contributed by atoms with van der Waals surface area (Å²) >= 11 is 0. The summed E-state index contributed by atoms with van der Waals surface area (Å²) in [6.07, 6.45) is 1.56. The van der Waals surface area contributed by atoms with Crippen LogP contribution in [0.1, 0.15) is 21.5 Å². The van der Waals surface area contributed by atoms with Crippen LogP contribution in [0.4, 0.5) is 0 Å². The number of ether oxygens (including phenoxy) is 1. The van der Waals surface area contributed by atoms with Gasteiger partial charge in [-0.05, 0) is 61.4 Å². The number of hydrogen-bond acceptors (Lipinski definition) is 4. The fourth-order valence-electron chi connectivity index (χ4n) is 1.99. The van der Waals surface area contributed by atoms with E-state index in [1.807, 2.05) is 26.0 Å². The normalized spacial score (nSPS) is 11.5. The number of hydrogen-bond donors (Lipinski definition) is 2. The molecule has 0 radical (unpaired) electrons. The third kappa shape index (κ3) is 5.42. The van der Waals surface area contributed by atoms with Crippen LogP contribution in [0.25, 0.3) is 0 Å². The van der Waals surface area contributed by atoms with Gasteiger partial charge in [-0.2, -0.15) is 0 Å². The van der Waals surface area contributed by atoms with E-state index in [0.29, 0.717) is 16.2 Å². The summed E-state index contributed by atoms with van der Waals surface area (Å²) in [5.74, 6) is -0.349. The smallest absolute Gasteiger partial charge is 0.276 e. The number of hydrazine groups is 1. The van der Waals surface area contributed by atoms with E-state index in [0.717, 1.165) is 11.1 Å². The minimum Gasteiger partial charge on any atom is -0.484 e. The van der Waals surface area contributed by atoms with Crippen LogP contribution in [-0.4, -0.2) is 28.9 Å². The fourth-order valence-corrected chi connectivity index (χ4v) is 2.50. The van der Waals surface area contributed by atoms with Crippen molar-refractivity contribution in [2.45, 2.75) is 18.7 Å². The molecule has 2 N–H and O–H groups in total. The molecule has 25 heavy (non-hydrogen) atoms. The first-order chi connectivity index (χ1) is 11.9. The first-order valence-electron chi connectivity index (χ1n) is 7.59. The van der Waals surface area contributed by atoms with Gasteiger partial charge in [-0.15, -0.1) is 0 Å². The average molecular weight is 360 g/mol. The molecule has 0 saturated carbocycles. The molecule has 0 aliphatic heterocycles. The summed E-state index contributed by atoms with van der Waals surface area (Å²) in [6, 6.07) is 11.9. The molecule has 2 aromatic rings. The van der Waals surface area contributed by atoms with Crippen LogP contribution < -0.4 is 15.6 Å². The third-order valence-electron chi connectivity index (χ3n) is 3.61. The quantitative estimate of drug-likeness (QED) is 0.798. The molecule has 0 aliphatic carbocycles. The molecule has 0 saturated heterocycles. The van der Waals surface area contributed by atoms with Gasteiger partial charge in [-0.25, -0.2) is 0 Å². The first kappa shape index (κ1) is 18.7. The highest BCUT2D eigenvalue weighted by Gasteiger charge is 2.09. The molecule has 0 spiro atoms. The van der Waals surface area contributed by atoms with Gasteiger partial charge >= 0.3 is 0 Å². The monoisotopic (exact) mass is 360 g/mol. The lowest BCUT2D eigenvalue weighted by Crippen LogP contribution is -2.43. The maximum Gasteiger partial charge on any atom is 0.276 e. The average Bonchev–Trinajstić information content (AvgIpc) is 2.60. The molecule has 7 heteroatoms. The Morgan fingerprint density at radius 1 is 1.00 bits per heavy atom. The lowest BCUT2D eigenvalue weighted by molar-refractivity contribution is -0.123. The van der Waals surface area contributed by atoms with E-state index >= 15 is 0 Å². The van der Waals surface area contributed by atoms with Crippen LogP contribution in [0.2, 0.25) is 0 Å². The highest BCUT2D eigenvalue weighted by Crippen LogP contribution is 2.16. The summed E-state index contributed by atoms with van der Waals surface area (Å²) in [4.78, 5) is 24.3. The van der Waals surface area contributed by atoms with Gasteiger partial charge in [-0.3, -0.25) is 24.6 Å². The maximum absolute atomic E-state index is 11.9. The number of carbonyl (C=O) groups excluding carboxylic acids is 2. The third-order valence-corrected chi connectivity index (χ3v) is 4.55. The summed E-state index contributed by atoms with van der Waals surface area (Å²) < 4.78 is 16.7.